The van der Waals surface area contributed by atoms with Gasteiger partial charge in [-0.05, 0) is 42.9 Å². The van der Waals surface area contributed by atoms with E-state index < -0.39 is 0 Å². The van der Waals surface area contributed by atoms with E-state index in [4.69, 9.17) is 5.73 Å². The molecule has 0 bridgehead atoms. The van der Waals surface area contributed by atoms with Gasteiger partial charge in [0.2, 0.25) is 0 Å². The Hall–Kier alpha value is -0.780. The van der Waals surface area contributed by atoms with Crippen LogP contribution in [0.3, 0.4) is 0 Å². The van der Waals surface area contributed by atoms with Gasteiger partial charge in [0.05, 0.1) is 6.04 Å². The van der Waals surface area contributed by atoms with Crippen LogP contribution >= 0.6 is 24.0 Å². The van der Waals surface area contributed by atoms with Crippen LogP contribution in [-0.2, 0) is 6.42 Å². The Bertz CT molecular complexity index is 414. The van der Waals surface area contributed by atoms with E-state index in [-0.39, 0.29) is 24.0 Å². The number of aliphatic imine (C=N–C) groups is 1. The van der Waals surface area contributed by atoms with E-state index in [0.717, 1.165) is 18.0 Å². The maximum Gasteiger partial charge on any atom is 0.193 e. The Morgan fingerprint density at radius 1 is 1.32 bits per heavy atom. The van der Waals surface area contributed by atoms with E-state index in [1.807, 2.05) is 0 Å². The lowest BCUT2D eigenvalue weighted by Gasteiger charge is -2.06. The van der Waals surface area contributed by atoms with Gasteiger partial charge < -0.3 is 11.1 Å². The van der Waals surface area contributed by atoms with E-state index >= 15 is 0 Å². The van der Waals surface area contributed by atoms with Crippen LogP contribution in [0.15, 0.2) is 29.3 Å². The molecule has 0 amide bonds. The van der Waals surface area contributed by atoms with E-state index in [1.54, 1.807) is 0 Å². The van der Waals surface area contributed by atoms with Crippen LogP contribution in [0.25, 0.3) is 0 Å². The highest BCUT2D eigenvalue weighted by Gasteiger charge is 2.35. The van der Waals surface area contributed by atoms with Crippen LogP contribution in [0.2, 0.25) is 0 Å². The first-order chi connectivity index (χ1) is 8.72. The first-order valence-electron chi connectivity index (χ1n) is 6.92. The summed E-state index contributed by atoms with van der Waals surface area (Å²) in [5.41, 5.74) is 8.26. The van der Waals surface area contributed by atoms with Gasteiger partial charge >= 0.3 is 0 Å². The molecule has 0 heterocycles. The lowest BCUT2D eigenvalue weighted by atomic mass is 10.1. The largest absolute Gasteiger partial charge is 0.370 e. The number of guanidine groups is 1. The smallest absolute Gasteiger partial charge is 0.193 e. The Kier molecular flexibility index (Phi) is 6.62. The van der Waals surface area contributed by atoms with Gasteiger partial charge in [-0.1, -0.05) is 32.4 Å². The summed E-state index contributed by atoms with van der Waals surface area (Å²) in [6, 6.07) is 8.79. The number of nitrogens with one attached hydrogen (secondary N) is 1. The Morgan fingerprint density at radius 3 is 2.58 bits per heavy atom. The van der Waals surface area contributed by atoms with Crippen molar-refractivity contribution in [2.24, 2.45) is 16.6 Å². The molecule has 0 saturated heterocycles. The molecule has 0 spiro atoms. The van der Waals surface area contributed by atoms with Gasteiger partial charge in [0, 0.05) is 5.69 Å². The molecule has 1 aromatic carbocycles. The van der Waals surface area contributed by atoms with Crippen molar-refractivity contribution >= 4 is 35.6 Å². The second-order valence-corrected chi connectivity index (χ2v) is 5.04. The number of nitrogens with two attached hydrogens (primary N) is 1. The van der Waals surface area contributed by atoms with Gasteiger partial charge in [-0.2, -0.15) is 0 Å². The molecule has 1 fully saturated rings. The van der Waals surface area contributed by atoms with E-state index in [9.17, 15) is 0 Å². The van der Waals surface area contributed by atoms with Gasteiger partial charge in [0.15, 0.2) is 5.96 Å². The molecule has 0 aromatic heterocycles. The topological polar surface area (TPSA) is 50.4 Å². The van der Waals surface area contributed by atoms with Crippen molar-refractivity contribution in [3.8, 4) is 0 Å². The second kappa shape index (κ2) is 7.72. The average Bonchev–Trinajstić information content (AvgIpc) is 3.08. The molecule has 19 heavy (non-hydrogen) atoms. The highest BCUT2D eigenvalue weighted by molar-refractivity contribution is 14.0. The minimum Gasteiger partial charge on any atom is -0.370 e. The van der Waals surface area contributed by atoms with Crippen LogP contribution in [-0.4, -0.2) is 12.0 Å². The molecule has 0 aliphatic heterocycles. The van der Waals surface area contributed by atoms with E-state index in [1.165, 1.54) is 24.8 Å². The molecule has 1 aliphatic carbocycles. The minimum absolute atomic E-state index is 0. The van der Waals surface area contributed by atoms with Crippen molar-refractivity contribution in [2.45, 2.75) is 45.6 Å². The Labute approximate surface area is 133 Å². The number of halogens is 1. The fourth-order valence-electron chi connectivity index (χ4n) is 2.25. The molecule has 0 radical (unpaired) electrons. The normalized spacial score (nSPS) is 21.7. The zero-order valence-electron chi connectivity index (χ0n) is 11.7. The first kappa shape index (κ1) is 16.3. The van der Waals surface area contributed by atoms with Gasteiger partial charge in [0.25, 0.3) is 0 Å². The minimum atomic E-state index is 0. The van der Waals surface area contributed by atoms with Crippen LogP contribution in [0.5, 0.6) is 0 Å². The van der Waals surface area contributed by atoms with Gasteiger partial charge in [0.1, 0.15) is 0 Å². The number of anilines is 1. The number of nitrogens with zero attached hydrogens (tertiary/aromatic N) is 1. The zero-order chi connectivity index (χ0) is 13.0. The van der Waals surface area contributed by atoms with Crippen molar-refractivity contribution in [3.05, 3.63) is 29.8 Å². The molecule has 3 nitrogen and oxygen atoms in total. The molecular formula is C15H24IN3. The maximum absolute atomic E-state index is 5.91. The summed E-state index contributed by atoms with van der Waals surface area (Å²) >= 11 is 0. The zero-order valence-corrected chi connectivity index (χ0v) is 14.1. The van der Waals surface area contributed by atoms with Crippen molar-refractivity contribution in [1.82, 2.24) is 0 Å². The lowest BCUT2D eigenvalue weighted by molar-refractivity contribution is 0.683. The third-order valence-electron chi connectivity index (χ3n) is 3.48. The maximum atomic E-state index is 5.91. The summed E-state index contributed by atoms with van der Waals surface area (Å²) in [4.78, 5) is 4.51. The Morgan fingerprint density at radius 2 is 2.00 bits per heavy atom. The number of rotatable bonds is 5. The molecular weight excluding hydrogens is 349 g/mol. The number of hydrogen-bond donors (Lipinski definition) is 2. The third kappa shape index (κ3) is 5.01. The summed E-state index contributed by atoms with van der Waals surface area (Å²) in [5, 5.41) is 3.15. The SMILES string of the molecule is CCCC1CC1N=C(N)Nc1ccc(CC)cc1.I. The van der Waals surface area contributed by atoms with Crippen LogP contribution < -0.4 is 11.1 Å². The van der Waals surface area contributed by atoms with Gasteiger partial charge in [-0.3, -0.25) is 0 Å². The predicted octanol–water partition coefficient (Wildman–Crippen LogP) is 3.78. The highest BCUT2D eigenvalue weighted by Crippen LogP contribution is 2.37. The van der Waals surface area contributed by atoms with E-state index in [0.29, 0.717) is 12.0 Å². The number of aryl methyl sites for hydroxylation is 1. The molecule has 2 atom stereocenters. The predicted molar refractivity (Wildman–Crippen MR) is 93.3 cm³/mol. The van der Waals surface area contributed by atoms with Gasteiger partial charge in [-0.25, -0.2) is 4.99 Å². The van der Waals surface area contributed by atoms with Crippen LogP contribution in [0, 0.1) is 5.92 Å². The number of benzene rings is 1. The quantitative estimate of drug-likeness (QED) is 0.469. The third-order valence-corrected chi connectivity index (χ3v) is 3.48. The molecule has 2 rings (SSSR count). The standard InChI is InChI=1S/C15H23N3.HI/c1-3-5-12-10-14(12)18-15(16)17-13-8-6-11(4-2)7-9-13;/h6-9,12,14H,3-5,10H2,1-2H3,(H3,16,17,18);1H. The average molecular weight is 373 g/mol. The summed E-state index contributed by atoms with van der Waals surface area (Å²) in [5.74, 6) is 1.31. The van der Waals surface area contributed by atoms with Crippen molar-refractivity contribution in [2.75, 3.05) is 5.32 Å². The van der Waals surface area contributed by atoms with E-state index in [2.05, 4.69) is 48.4 Å². The summed E-state index contributed by atoms with van der Waals surface area (Å²) in [6.45, 7) is 4.37. The summed E-state index contributed by atoms with van der Waals surface area (Å²) in [7, 11) is 0. The fraction of sp³-hybridized carbons (Fsp3) is 0.533. The fourth-order valence-corrected chi connectivity index (χ4v) is 2.25. The highest BCUT2D eigenvalue weighted by atomic mass is 127. The van der Waals surface area contributed by atoms with Crippen LogP contribution in [0.1, 0.15) is 38.7 Å². The van der Waals surface area contributed by atoms with Crippen molar-refractivity contribution < 1.29 is 0 Å². The molecule has 2 unspecified atom stereocenters. The molecule has 1 saturated carbocycles. The van der Waals surface area contributed by atoms with Crippen LogP contribution in [0.4, 0.5) is 5.69 Å². The molecule has 1 aliphatic rings. The van der Waals surface area contributed by atoms with Gasteiger partial charge in [-0.15, -0.1) is 24.0 Å². The second-order valence-electron chi connectivity index (χ2n) is 5.04. The lowest BCUT2D eigenvalue weighted by Crippen LogP contribution is -2.23. The summed E-state index contributed by atoms with van der Waals surface area (Å²) < 4.78 is 0. The van der Waals surface area contributed by atoms with Crippen molar-refractivity contribution in [1.29, 1.82) is 0 Å². The molecule has 1 aromatic rings. The number of hydrogen-bond acceptors (Lipinski definition) is 1. The summed E-state index contributed by atoms with van der Waals surface area (Å²) in [6.07, 6.45) is 4.77. The molecule has 106 valence electrons. The molecule has 3 N–H and O–H groups in total. The van der Waals surface area contributed by atoms with Crippen molar-refractivity contribution in [3.63, 3.8) is 0 Å². The Balaban J connectivity index is 0.00000180. The molecule has 4 heteroatoms. The monoisotopic (exact) mass is 373 g/mol. The first-order valence-corrected chi connectivity index (χ1v) is 6.92.